The van der Waals surface area contributed by atoms with Gasteiger partial charge in [-0.05, 0) is 30.9 Å². The van der Waals surface area contributed by atoms with Crippen molar-refractivity contribution in [1.29, 1.82) is 0 Å². The minimum absolute atomic E-state index is 0.279. The molecule has 3 rings (SSSR count). The maximum Gasteiger partial charge on any atom is 0.0890 e. The largest absolute Gasteiger partial charge is 0.396 e. The van der Waals surface area contributed by atoms with E-state index in [0.29, 0.717) is 12.0 Å². The molecule has 2 unspecified atom stereocenters. The van der Waals surface area contributed by atoms with Crippen LogP contribution in [0, 0.1) is 5.92 Å². The molecule has 19 heavy (non-hydrogen) atoms. The number of benzene rings is 1. The lowest BCUT2D eigenvalue weighted by molar-refractivity contribution is 0.205. The molecule has 0 spiro atoms. The van der Waals surface area contributed by atoms with E-state index in [2.05, 4.69) is 15.3 Å². The minimum Gasteiger partial charge on any atom is -0.396 e. The molecule has 1 aliphatic rings. The molecule has 4 nitrogen and oxygen atoms in total. The number of aliphatic hydroxyl groups excluding tert-OH is 1. The Hall–Kier alpha value is -1.52. The first kappa shape index (κ1) is 12.5. The predicted molar refractivity (Wildman–Crippen MR) is 74.6 cm³/mol. The fourth-order valence-electron chi connectivity index (χ4n) is 2.84. The summed E-state index contributed by atoms with van der Waals surface area (Å²) in [5.41, 5.74) is 2.83. The number of rotatable bonds is 4. The van der Waals surface area contributed by atoms with E-state index in [9.17, 15) is 5.11 Å². The van der Waals surface area contributed by atoms with E-state index in [-0.39, 0.29) is 6.61 Å². The van der Waals surface area contributed by atoms with Gasteiger partial charge in [-0.2, -0.15) is 0 Å². The summed E-state index contributed by atoms with van der Waals surface area (Å²) in [7, 11) is 0. The SMILES string of the molecule is OCC1CCCC1NCc1cnc2ccccc2n1. The van der Waals surface area contributed by atoms with Gasteiger partial charge >= 0.3 is 0 Å². The Morgan fingerprint density at radius 2 is 2.05 bits per heavy atom. The number of hydrogen-bond donors (Lipinski definition) is 2. The molecule has 1 saturated carbocycles. The molecule has 1 aliphatic carbocycles. The van der Waals surface area contributed by atoms with E-state index in [1.807, 2.05) is 30.5 Å². The van der Waals surface area contributed by atoms with E-state index in [4.69, 9.17) is 0 Å². The molecule has 1 aromatic heterocycles. The second-order valence-corrected chi connectivity index (χ2v) is 5.21. The maximum atomic E-state index is 9.31. The minimum atomic E-state index is 0.279. The summed E-state index contributed by atoms with van der Waals surface area (Å²) in [5, 5.41) is 12.8. The van der Waals surface area contributed by atoms with Gasteiger partial charge in [0.05, 0.1) is 22.9 Å². The summed E-state index contributed by atoms with van der Waals surface area (Å²) in [6, 6.07) is 8.32. The van der Waals surface area contributed by atoms with Gasteiger partial charge in [0.2, 0.25) is 0 Å². The standard InChI is InChI=1S/C15H19N3O/c19-10-11-4-3-7-13(11)16-8-12-9-17-14-5-1-2-6-15(14)18-12/h1-2,5-6,9,11,13,16,19H,3-4,7-8,10H2. The van der Waals surface area contributed by atoms with Crippen LogP contribution in [0.2, 0.25) is 0 Å². The van der Waals surface area contributed by atoms with Crippen molar-refractivity contribution in [1.82, 2.24) is 15.3 Å². The number of hydrogen-bond acceptors (Lipinski definition) is 4. The molecule has 0 bridgehead atoms. The molecule has 0 aliphatic heterocycles. The van der Waals surface area contributed by atoms with Gasteiger partial charge in [0.15, 0.2) is 0 Å². The first-order chi connectivity index (χ1) is 9.36. The van der Waals surface area contributed by atoms with Crippen molar-refractivity contribution in [2.45, 2.75) is 31.8 Å². The number of nitrogens with zero attached hydrogens (tertiary/aromatic N) is 2. The van der Waals surface area contributed by atoms with Gasteiger partial charge in [-0.1, -0.05) is 18.6 Å². The highest BCUT2D eigenvalue weighted by atomic mass is 16.3. The quantitative estimate of drug-likeness (QED) is 0.878. The zero-order valence-electron chi connectivity index (χ0n) is 10.9. The normalized spacial score (nSPS) is 23.0. The molecule has 100 valence electrons. The van der Waals surface area contributed by atoms with Gasteiger partial charge in [0, 0.05) is 19.2 Å². The van der Waals surface area contributed by atoms with Crippen LogP contribution in [0.3, 0.4) is 0 Å². The van der Waals surface area contributed by atoms with Crippen molar-refractivity contribution in [2.75, 3.05) is 6.61 Å². The summed E-state index contributed by atoms with van der Waals surface area (Å²) >= 11 is 0. The molecule has 1 aromatic carbocycles. The van der Waals surface area contributed by atoms with Crippen LogP contribution in [0.1, 0.15) is 25.0 Å². The molecule has 0 saturated heterocycles. The zero-order chi connectivity index (χ0) is 13.1. The average molecular weight is 257 g/mol. The highest BCUT2D eigenvalue weighted by molar-refractivity contribution is 5.73. The van der Waals surface area contributed by atoms with Crippen LogP contribution in [-0.4, -0.2) is 27.7 Å². The third-order valence-electron chi connectivity index (χ3n) is 3.94. The van der Waals surface area contributed by atoms with Gasteiger partial charge in [-0.25, -0.2) is 4.98 Å². The van der Waals surface area contributed by atoms with E-state index in [0.717, 1.165) is 36.1 Å². The smallest absolute Gasteiger partial charge is 0.0890 e. The molecule has 0 amide bonds. The van der Waals surface area contributed by atoms with E-state index < -0.39 is 0 Å². The van der Waals surface area contributed by atoms with Crippen molar-refractivity contribution < 1.29 is 5.11 Å². The Morgan fingerprint density at radius 3 is 2.89 bits per heavy atom. The summed E-state index contributed by atoms with van der Waals surface area (Å²) < 4.78 is 0. The van der Waals surface area contributed by atoms with Crippen LogP contribution in [0.5, 0.6) is 0 Å². The predicted octanol–water partition coefficient (Wildman–Crippen LogP) is 1.88. The number of nitrogens with one attached hydrogen (secondary N) is 1. The van der Waals surface area contributed by atoms with E-state index in [1.165, 1.54) is 6.42 Å². The van der Waals surface area contributed by atoms with Crippen LogP contribution >= 0.6 is 0 Å². The highest BCUT2D eigenvalue weighted by Gasteiger charge is 2.25. The lowest BCUT2D eigenvalue weighted by Crippen LogP contribution is -2.33. The molecule has 2 aromatic rings. The lowest BCUT2D eigenvalue weighted by atomic mass is 10.1. The van der Waals surface area contributed by atoms with Crippen molar-refractivity contribution in [3.63, 3.8) is 0 Å². The van der Waals surface area contributed by atoms with Crippen LogP contribution in [-0.2, 0) is 6.54 Å². The molecular weight excluding hydrogens is 238 g/mol. The van der Waals surface area contributed by atoms with Crippen molar-refractivity contribution in [3.8, 4) is 0 Å². The monoisotopic (exact) mass is 257 g/mol. The zero-order valence-corrected chi connectivity index (χ0v) is 10.9. The molecule has 2 atom stereocenters. The Labute approximate surface area is 112 Å². The lowest BCUT2D eigenvalue weighted by Gasteiger charge is -2.18. The Morgan fingerprint density at radius 1 is 1.21 bits per heavy atom. The third-order valence-corrected chi connectivity index (χ3v) is 3.94. The van der Waals surface area contributed by atoms with E-state index in [1.54, 1.807) is 0 Å². The fraction of sp³-hybridized carbons (Fsp3) is 0.467. The third kappa shape index (κ3) is 2.74. The molecule has 4 heteroatoms. The number of aromatic nitrogens is 2. The fourth-order valence-corrected chi connectivity index (χ4v) is 2.84. The van der Waals surface area contributed by atoms with Gasteiger partial charge in [0.1, 0.15) is 0 Å². The van der Waals surface area contributed by atoms with Crippen molar-refractivity contribution in [3.05, 3.63) is 36.2 Å². The summed E-state index contributed by atoms with van der Waals surface area (Å²) in [6.45, 7) is 1.00. The molecule has 1 heterocycles. The van der Waals surface area contributed by atoms with Gasteiger partial charge in [0.25, 0.3) is 0 Å². The summed E-state index contributed by atoms with van der Waals surface area (Å²) in [5.74, 6) is 0.397. The first-order valence-corrected chi connectivity index (χ1v) is 6.92. The maximum absolute atomic E-state index is 9.31. The Kier molecular flexibility index (Phi) is 3.71. The number of aliphatic hydroxyl groups is 1. The topological polar surface area (TPSA) is 58.0 Å². The van der Waals surface area contributed by atoms with Crippen LogP contribution in [0.15, 0.2) is 30.5 Å². The van der Waals surface area contributed by atoms with E-state index >= 15 is 0 Å². The van der Waals surface area contributed by atoms with Gasteiger partial charge in [-0.3, -0.25) is 4.98 Å². The first-order valence-electron chi connectivity index (χ1n) is 6.92. The average Bonchev–Trinajstić information content (AvgIpc) is 2.92. The Bertz CT molecular complexity index is 558. The van der Waals surface area contributed by atoms with Gasteiger partial charge in [-0.15, -0.1) is 0 Å². The molecular formula is C15H19N3O. The number of fused-ring (bicyclic) bond motifs is 1. The summed E-state index contributed by atoms with van der Waals surface area (Å²) in [6.07, 6.45) is 5.30. The molecule has 0 radical (unpaired) electrons. The molecule has 1 fully saturated rings. The number of para-hydroxylation sites is 2. The van der Waals surface area contributed by atoms with Crippen molar-refractivity contribution in [2.24, 2.45) is 5.92 Å². The Balaban J connectivity index is 1.68. The van der Waals surface area contributed by atoms with Gasteiger partial charge < -0.3 is 10.4 Å². The molecule has 2 N–H and O–H groups in total. The second-order valence-electron chi connectivity index (χ2n) is 5.21. The van der Waals surface area contributed by atoms with Crippen LogP contribution in [0.25, 0.3) is 11.0 Å². The highest BCUT2D eigenvalue weighted by Crippen LogP contribution is 2.25. The van der Waals surface area contributed by atoms with Crippen LogP contribution in [0.4, 0.5) is 0 Å². The summed E-state index contributed by atoms with van der Waals surface area (Å²) in [4.78, 5) is 9.01. The van der Waals surface area contributed by atoms with Crippen molar-refractivity contribution >= 4 is 11.0 Å². The van der Waals surface area contributed by atoms with Crippen LogP contribution < -0.4 is 5.32 Å². The second kappa shape index (κ2) is 5.63.